The van der Waals surface area contributed by atoms with Crippen molar-refractivity contribution in [3.05, 3.63) is 15.6 Å². The van der Waals surface area contributed by atoms with Gasteiger partial charge in [0.05, 0.1) is 17.2 Å². The van der Waals surface area contributed by atoms with Crippen LogP contribution in [0.4, 0.5) is 0 Å². The highest BCUT2D eigenvalue weighted by atomic mass is 127. The minimum absolute atomic E-state index is 0. The van der Waals surface area contributed by atoms with Crippen LogP contribution in [-0.4, -0.2) is 24.0 Å². The van der Waals surface area contributed by atoms with Gasteiger partial charge >= 0.3 is 0 Å². The molecule has 17 heavy (non-hydrogen) atoms. The van der Waals surface area contributed by atoms with Crippen LogP contribution in [0.25, 0.3) is 0 Å². The molecule has 1 heterocycles. The molecule has 1 rings (SSSR count). The quantitative estimate of drug-likeness (QED) is 0.490. The SMILES string of the molecule is CN=C(NCc1sc(C)nc1C)NC(C)C.I. The molecule has 4 nitrogen and oxygen atoms in total. The lowest BCUT2D eigenvalue weighted by Crippen LogP contribution is -2.40. The molecule has 0 saturated heterocycles. The third kappa shape index (κ3) is 5.67. The average Bonchev–Trinajstić information content (AvgIpc) is 2.51. The highest BCUT2D eigenvalue weighted by Gasteiger charge is 2.06. The summed E-state index contributed by atoms with van der Waals surface area (Å²) < 4.78 is 0. The maximum absolute atomic E-state index is 4.39. The molecule has 0 saturated carbocycles. The molecule has 0 aliphatic rings. The molecular formula is C11H21IN4S. The Morgan fingerprint density at radius 3 is 2.47 bits per heavy atom. The number of aliphatic imine (C=N–C) groups is 1. The topological polar surface area (TPSA) is 49.3 Å². The summed E-state index contributed by atoms with van der Waals surface area (Å²) >= 11 is 1.73. The Balaban J connectivity index is 0.00000256. The first kappa shape index (κ1) is 16.6. The molecule has 0 radical (unpaired) electrons. The Labute approximate surface area is 124 Å². The molecular weight excluding hydrogens is 347 g/mol. The Morgan fingerprint density at radius 1 is 1.41 bits per heavy atom. The molecule has 0 unspecified atom stereocenters. The second kappa shape index (κ2) is 7.86. The Hall–Kier alpha value is -0.370. The van der Waals surface area contributed by atoms with Gasteiger partial charge in [-0.3, -0.25) is 4.99 Å². The Kier molecular flexibility index (Phi) is 7.69. The summed E-state index contributed by atoms with van der Waals surface area (Å²) in [6.45, 7) is 9.04. The lowest BCUT2D eigenvalue weighted by molar-refractivity contribution is 0.700. The van der Waals surface area contributed by atoms with Gasteiger partial charge in [0.2, 0.25) is 0 Å². The van der Waals surface area contributed by atoms with Crippen molar-refractivity contribution in [2.24, 2.45) is 4.99 Å². The summed E-state index contributed by atoms with van der Waals surface area (Å²) in [5, 5.41) is 7.64. The van der Waals surface area contributed by atoms with E-state index in [0.717, 1.165) is 23.2 Å². The minimum Gasteiger partial charge on any atom is -0.354 e. The molecule has 1 aromatic rings. The maximum Gasteiger partial charge on any atom is 0.191 e. The predicted molar refractivity (Wildman–Crippen MR) is 85.5 cm³/mol. The van der Waals surface area contributed by atoms with Gasteiger partial charge in [-0.2, -0.15) is 0 Å². The molecule has 0 atom stereocenters. The van der Waals surface area contributed by atoms with E-state index >= 15 is 0 Å². The average molecular weight is 368 g/mol. The summed E-state index contributed by atoms with van der Waals surface area (Å²) in [7, 11) is 1.78. The summed E-state index contributed by atoms with van der Waals surface area (Å²) in [6.07, 6.45) is 0. The van der Waals surface area contributed by atoms with Crippen LogP contribution >= 0.6 is 35.3 Å². The highest BCUT2D eigenvalue weighted by molar-refractivity contribution is 14.0. The molecule has 0 fully saturated rings. The fourth-order valence-corrected chi connectivity index (χ4v) is 2.25. The summed E-state index contributed by atoms with van der Waals surface area (Å²) in [4.78, 5) is 9.82. The van der Waals surface area contributed by atoms with Crippen molar-refractivity contribution in [3.8, 4) is 0 Å². The summed E-state index contributed by atoms with van der Waals surface area (Å²) in [5.41, 5.74) is 1.11. The molecule has 0 spiro atoms. The van der Waals surface area contributed by atoms with Crippen LogP contribution < -0.4 is 10.6 Å². The van der Waals surface area contributed by atoms with Gasteiger partial charge in [-0.15, -0.1) is 35.3 Å². The zero-order chi connectivity index (χ0) is 12.1. The number of aromatic nitrogens is 1. The highest BCUT2D eigenvalue weighted by Crippen LogP contribution is 2.16. The monoisotopic (exact) mass is 368 g/mol. The normalized spacial score (nSPS) is 11.3. The number of rotatable bonds is 3. The van der Waals surface area contributed by atoms with Gasteiger partial charge in [0.1, 0.15) is 0 Å². The smallest absolute Gasteiger partial charge is 0.191 e. The lowest BCUT2D eigenvalue weighted by atomic mass is 10.4. The van der Waals surface area contributed by atoms with Crippen LogP contribution in [0.5, 0.6) is 0 Å². The van der Waals surface area contributed by atoms with Crippen molar-refractivity contribution >= 4 is 41.3 Å². The molecule has 1 aromatic heterocycles. The van der Waals surface area contributed by atoms with Crippen LogP contribution in [0, 0.1) is 13.8 Å². The van der Waals surface area contributed by atoms with E-state index in [2.05, 4.69) is 34.5 Å². The van der Waals surface area contributed by atoms with Crippen LogP contribution in [0.1, 0.15) is 29.4 Å². The summed E-state index contributed by atoms with van der Waals surface area (Å²) in [5.74, 6) is 0.834. The molecule has 0 bridgehead atoms. The molecule has 0 aliphatic carbocycles. The molecule has 2 N–H and O–H groups in total. The number of thiazole rings is 1. The number of guanidine groups is 1. The van der Waals surface area contributed by atoms with Gasteiger partial charge < -0.3 is 10.6 Å². The maximum atomic E-state index is 4.39. The van der Waals surface area contributed by atoms with E-state index in [0.29, 0.717) is 6.04 Å². The van der Waals surface area contributed by atoms with E-state index < -0.39 is 0 Å². The Bertz CT molecular complexity index is 374. The van der Waals surface area contributed by atoms with E-state index in [9.17, 15) is 0 Å². The molecule has 0 aromatic carbocycles. The van der Waals surface area contributed by atoms with Gasteiger partial charge in [0.25, 0.3) is 0 Å². The second-order valence-corrected chi connectivity index (χ2v) is 5.25. The van der Waals surface area contributed by atoms with E-state index in [4.69, 9.17) is 0 Å². The van der Waals surface area contributed by atoms with Crippen molar-refractivity contribution in [2.75, 3.05) is 7.05 Å². The summed E-state index contributed by atoms with van der Waals surface area (Å²) in [6, 6.07) is 0.385. The molecule has 98 valence electrons. The van der Waals surface area contributed by atoms with E-state index in [-0.39, 0.29) is 24.0 Å². The molecule has 0 aliphatic heterocycles. The van der Waals surface area contributed by atoms with Crippen LogP contribution in [0.3, 0.4) is 0 Å². The van der Waals surface area contributed by atoms with Gasteiger partial charge in [-0.25, -0.2) is 4.98 Å². The van der Waals surface area contributed by atoms with Crippen molar-refractivity contribution in [2.45, 2.75) is 40.3 Å². The number of hydrogen-bond donors (Lipinski definition) is 2. The van der Waals surface area contributed by atoms with Crippen LogP contribution in [-0.2, 0) is 6.54 Å². The zero-order valence-corrected chi connectivity index (χ0v) is 14.1. The van der Waals surface area contributed by atoms with Gasteiger partial charge in [-0.05, 0) is 27.7 Å². The van der Waals surface area contributed by atoms with Crippen molar-refractivity contribution in [1.82, 2.24) is 15.6 Å². The van der Waals surface area contributed by atoms with E-state index in [1.165, 1.54) is 4.88 Å². The number of nitrogens with one attached hydrogen (secondary N) is 2. The molecule has 6 heteroatoms. The van der Waals surface area contributed by atoms with Crippen LogP contribution in [0.2, 0.25) is 0 Å². The fraction of sp³-hybridized carbons (Fsp3) is 0.636. The first-order chi connectivity index (χ1) is 7.52. The first-order valence-corrected chi connectivity index (χ1v) is 6.24. The van der Waals surface area contributed by atoms with Gasteiger partial charge in [0, 0.05) is 18.0 Å². The second-order valence-electron chi connectivity index (χ2n) is 3.97. The van der Waals surface area contributed by atoms with E-state index in [1.54, 1.807) is 18.4 Å². The largest absolute Gasteiger partial charge is 0.354 e. The number of hydrogen-bond acceptors (Lipinski definition) is 3. The lowest BCUT2D eigenvalue weighted by Gasteiger charge is -2.13. The van der Waals surface area contributed by atoms with Crippen molar-refractivity contribution < 1.29 is 0 Å². The van der Waals surface area contributed by atoms with Crippen LogP contribution in [0.15, 0.2) is 4.99 Å². The first-order valence-electron chi connectivity index (χ1n) is 5.43. The predicted octanol–water partition coefficient (Wildman–Crippen LogP) is 2.45. The minimum atomic E-state index is 0. The third-order valence-corrected chi connectivity index (χ3v) is 3.14. The Morgan fingerprint density at radius 2 is 2.06 bits per heavy atom. The number of halogens is 1. The van der Waals surface area contributed by atoms with Crippen molar-refractivity contribution in [3.63, 3.8) is 0 Å². The third-order valence-electron chi connectivity index (χ3n) is 2.06. The molecule has 0 amide bonds. The van der Waals surface area contributed by atoms with Gasteiger partial charge in [-0.1, -0.05) is 0 Å². The van der Waals surface area contributed by atoms with E-state index in [1.807, 2.05) is 13.8 Å². The zero-order valence-electron chi connectivity index (χ0n) is 11.0. The van der Waals surface area contributed by atoms with Gasteiger partial charge in [0.15, 0.2) is 5.96 Å². The number of nitrogens with zero attached hydrogens (tertiary/aromatic N) is 2. The number of aryl methyl sites for hydroxylation is 2. The standard InChI is InChI=1S/C11H20N4S.HI/c1-7(2)14-11(12-5)13-6-10-8(3)15-9(4)16-10;/h7H,6H2,1-5H3,(H2,12,13,14);1H. The fourth-order valence-electron chi connectivity index (χ4n) is 1.37. The van der Waals surface area contributed by atoms with Crippen molar-refractivity contribution in [1.29, 1.82) is 0 Å².